The van der Waals surface area contributed by atoms with Crippen molar-refractivity contribution in [3.8, 4) is 0 Å². The second-order valence-corrected chi connectivity index (χ2v) is 7.11. The lowest BCUT2D eigenvalue weighted by molar-refractivity contribution is -0.137. The Balaban J connectivity index is 2.28. The van der Waals surface area contributed by atoms with Crippen LogP contribution in [0.4, 0.5) is 0 Å². The van der Waals surface area contributed by atoms with Gasteiger partial charge in [0.2, 0.25) is 5.91 Å². The van der Waals surface area contributed by atoms with E-state index in [2.05, 4.69) is 41.2 Å². The van der Waals surface area contributed by atoms with E-state index in [1.807, 2.05) is 4.90 Å². The van der Waals surface area contributed by atoms with E-state index in [0.717, 1.165) is 17.4 Å². The highest BCUT2D eigenvalue weighted by Gasteiger charge is 2.35. The van der Waals surface area contributed by atoms with Crippen LogP contribution >= 0.6 is 27.3 Å². The van der Waals surface area contributed by atoms with Crippen molar-refractivity contribution < 1.29 is 4.79 Å². The third-order valence-corrected chi connectivity index (χ3v) is 4.96. The normalized spacial score (nSPS) is 24.9. The Bertz CT molecular complexity index is 432. The fourth-order valence-electron chi connectivity index (χ4n) is 2.43. The van der Waals surface area contributed by atoms with Gasteiger partial charge in [0.25, 0.3) is 0 Å². The summed E-state index contributed by atoms with van der Waals surface area (Å²) in [5, 5.41) is 2.05. The number of likely N-dealkylation sites (tertiary alicyclic amines) is 1. The molecule has 1 saturated heterocycles. The highest BCUT2D eigenvalue weighted by molar-refractivity contribution is 9.10. The molecule has 0 saturated carbocycles. The van der Waals surface area contributed by atoms with Gasteiger partial charge in [0.15, 0.2) is 0 Å². The van der Waals surface area contributed by atoms with Gasteiger partial charge in [0.05, 0.1) is 6.04 Å². The van der Waals surface area contributed by atoms with Crippen molar-refractivity contribution >= 4 is 33.2 Å². The molecule has 1 aliphatic heterocycles. The average Bonchev–Trinajstić information content (AvgIpc) is 2.70. The van der Waals surface area contributed by atoms with Crippen LogP contribution in [0.3, 0.4) is 0 Å². The van der Waals surface area contributed by atoms with Crippen molar-refractivity contribution in [2.45, 2.75) is 38.8 Å². The third-order valence-electron chi connectivity index (χ3n) is 3.19. The molecule has 2 unspecified atom stereocenters. The lowest BCUT2D eigenvalue weighted by Crippen LogP contribution is -2.49. The van der Waals surface area contributed by atoms with Crippen LogP contribution in [0.25, 0.3) is 0 Å². The van der Waals surface area contributed by atoms with Crippen LogP contribution < -0.4 is 5.73 Å². The molecule has 0 spiro atoms. The fraction of sp³-hybridized carbons (Fsp3) is 0.615. The molecule has 1 aromatic heterocycles. The summed E-state index contributed by atoms with van der Waals surface area (Å²) in [5.74, 6) is 0.699. The number of nitrogens with two attached hydrogens (primary N) is 1. The number of piperidine rings is 1. The predicted octanol–water partition coefficient (Wildman–Crippen LogP) is 3.16. The monoisotopic (exact) mass is 330 g/mol. The Morgan fingerprint density at radius 1 is 1.61 bits per heavy atom. The molecular weight excluding hydrogens is 312 g/mol. The molecule has 0 aromatic carbocycles. The molecular formula is C13H19BrN2OS. The summed E-state index contributed by atoms with van der Waals surface area (Å²) in [6.07, 6.45) is 1.37. The SMILES string of the molecule is CC(C)CN1C(=O)CCC(N)C1c1cc(Br)cs1. The van der Waals surface area contributed by atoms with Crippen molar-refractivity contribution in [3.05, 3.63) is 20.8 Å². The molecule has 2 rings (SSSR count). The van der Waals surface area contributed by atoms with Crippen LogP contribution in [0.5, 0.6) is 0 Å². The average molecular weight is 331 g/mol. The van der Waals surface area contributed by atoms with Gasteiger partial charge in [-0.2, -0.15) is 0 Å². The van der Waals surface area contributed by atoms with Gasteiger partial charge in [-0.05, 0) is 34.3 Å². The van der Waals surface area contributed by atoms with E-state index in [0.29, 0.717) is 12.3 Å². The van der Waals surface area contributed by atoms with Crippen molar-refractivity contribution in [1.82, 2.24) is 4.90 Å². The Hall–Kier alpha value is -0.390. The second kappa shape index (κ2) is 5.72. The minimum atomic E-state index is 0.0462. The van der Waals surface area contributed by atoms with E-state index in [-0.39, 0.29) is 18.0 Å². The van der Waals surface area contributed by atoms with E-state index in [9.17, 15) is 4.79 Å². The number of hydrogen-bond donors (Lipinski definition) is 1. The summed E-state index contributed by atoms with van der Waals surface area (Å²) >= 11 is 5.14. The number of amides is 1. The summed E-state index contributed by atoms with van der Waals surface area (Å²) in [7, 11) is 0. The van der Waals surface area contributed by atoms with Crippen molar-refractivity contribution in [3.63, 3.8) is 0 Å². The number of hydrogen-bond acceptors (Lipinski definition) is 3. The van der Waals surface area contributed by atoms with Gasteiger partial charge in [-0.1, -0.05) is 13.8 Å². The maximum atomic E-state index is 12.1. The number of nitrogens with zero attached hydrogens (tertiary/aromatic N) is 1. The molecule has 2 N–H and O–H groups in total. The van der Waals surface area contributed by atoms with Crippen LogP contribution in [-0.2, 0) is 4.79 Å². The zero-order chi connectivity index (χ0) is 13.3. The first kappa shape index (κ1) is 14.0. The zero-order valence-electron chi connectivity index (χ0n) is 10.7. The minimum Gasteiger partial charge on any atom is -0.333 e. The number of carbonyl (C=O) groups excluding carboxylic acids is 1. The quantitative estimate of drug-likeness (QED) is 0.925. The molecule has 1 fully saturated rings. The smallest absolute Gasteiger partial charge is 0.223 e. The number of carbonyl (C=O) groups is 1. The molecule has 3 nitrogen and oxygen atoms in total. The third kappa shape index (κ3) is 2.95. The first-order valence-electron chi connectivity index (χ1n) is 6.28. The first-order chi connectivity index (χ1) is 8.49. The Morgan fingerprint density at radius 3 is 2.89 bits per heavy atom. The topological polar surface area (TPSA) is 46.3 Å². The summed E-state index contributed by atoms with van der Waals surface area (Å²) in [6, 6.07) is 2.18. The maximum absolute atomic E-state index is 12.1. The van der Waals surface area contributed by atoms with Gasteiger partial charge < -0.3 is 10.6 Å². The Kier molecular flexibility index (Phi) is 4.45. The molecule has 1 aliphatic rings. The summed E-state index contributed by atoms with van der Waals surface area (Å²) in [4.78, 5) is 15.3. The molecule has 5 heteroatoms. The van der Waals surface area contributed by atoms with E-state index in [4.69, 9.17) is 5.73 Å². The molecule has 1 amide bonds. The van der Waals surface area contributed by atoms with E-state index < -0.39 is 0 Å². The van der Waals surface area contributed by atoms with Crippen LogP contribution in [0.1, 0.15) is 37.6 Å². The standard InChI is InChI=1S/C13H19BrN2OS/c1-8(2)6-16-12(17)4-3-10(15)13(16)11-5-9(14)7-18-11/h5,7-8,10,13H,3-4,6,15H2,1-2H3. The molecule has 2 atom stereocenters. The summed E-state index contributed by atoms with van der Waals surface area (Å²) in [5.41, 5.74) is 6.25. The predicted molar refractivity (Wildman–Crippen MR) is 78.5 cm³/mol. The number of thiophene rings is 1. The Labute approximate surface area is 120 Å². The van der Waals surface area contributed by atoms with Crippen molar-refractivity contribution in [1.29, 1.82) is 0 Å². The fourth-order valence-corrected chi connectivity index (χ4v) is 4.07. The van der Waals surface area contributed by atoms with Gasteiger partial charge in [-0.3, -0.25) is 4.79 Å². The van der Waals surface area contributed by atoms with Crippen molar-refractivity contribution in [2.75, 3.05) is 6.54 Å². The van der Waals surface area contributed by atoms with E-state index >= 15 is 0 Å². The molecule has 0 aliphatic carbocycles. The lowest BCUT2D eigenvalue weighted by Gasteiger charge is -2.40. The molecule has 0 radical (unpaired) electrons. The molecule has 18 heavy (non-hydrogen) atoms. The largest absolute Gasteiger partial charge is 0.333 e. The van der Waals surface area contributed by atoms with Gasteiger partial charge in [0.1, 0.15) is 0 Å². The summed E-state index contributed by atoms with van der Waals surface area (Å²) < 4.78 is 1.07. The second-order valence-electron chi connectivity index (χ2n) is 5.25. The number of rotatable bonds is 3. The maximum Gasteiger partial charge on any atom is 0.223 e. The van der Waals surface area contributed by atoms with Gasteiger partial charge in [0, 0.05) is 33.7 Å². The van der Waals surface area contributed by atoms with Crippen LogP contribution in [0, 0.1) is 5.92 Å². The minimum absolute atomic E-state index is 0.0462. The van der Waals surface area contributed by atoms with E-state index in [1.54, 1.807) is 11.3 Å². The van der Waals surface area contributed by atoms with Gasteiger partial charge in [-0.25, -0.2) is 0 Å². The number of halogens is 1. The van der Waals surface area contributed by atoms with Gasteiger partial charge >= 0.3 is 0 Å². The van der Waals surface area contributed by atoms with Crippen LogP contribution in [0.15, 0.2) is 15.9 Å². The van der Waals surface area contributed by atoms with Crippen molar-refractivity contribution in [2.24, 2.45) is 11.7 Å². The van der Waals surface area contributed by atoms with E-state index in [1.165, 1.54) is 4.88 Å². The van der Waals surface area contributed by atoms with Gasteiger partial charge in [-0.15, -0.1) is 11.3 Å². The Morgan fingerprint density at radius 2 is 2.33 bits per heavy atom. The first-order valence-corrected chi connectivity index (χ1v) is 7.95. The molecule has 0 bridgehead atoms. The molecule has 1 aromatic rings. The molecule has 100 valence electrons. The van der Waals surface area contributed by atoms with Crippen LogP contribution in [-0.4, -0.2) is 23.4 Å². The van der Waals surface area contributed by atoms with Crippen LogP contribution in [0.2, 0.25) is 0 Å². The molecule has 2 heterocycles. The summed E-state index contributed by atoms with van der Waals surface area (Å²) in [6.45, 7) is 5.05. The lowest BCUT2D eigenvalue weighted by atomic mass is 9.94. The zero-order valence-corrected chi connectivity index (χ0v) is 13.1. The highest BCUT2D eigenvalue weighted by Crippen LogP contribution is 2.36. The highest BCUT2D eigenvalue weighted by atomic mass is 79.9.